The van der Waals surface area contributed by atoms with E-state index in [-0.39, 0.29) is 11.8 Å². The van der Waals surface area contributed by atoms with Crippen LogP contribution in [0.25, 0.3) is 10.9 Å². The van der Waals surface area contributed by atoms with Crippen LogP contribution in [0.2, 0.25) is 0 Å². The fourth-order valence-electron chi connectivity index (χ4n) is 3.57. The summed E-state index contributed by atoms with van der Waals surface area (Å²) in [7, 11) is 0. The Labute approximate surface area is 125 Å². The van der Waals surface area contributed by atoms with Gasteiger partial charge in [0.25, 0.3) is 0 Å². The molecule has 0 aliphatic heterocycles. The molecule has 0 saturated heterocycles. The third-order valence-corrected chi connectivity index (χ3v) is 4.70. The van der Waals surface area contributed by atoms with Crippen molar-refractivity contribution >= 4 is 16.9 Å². The highest BCUT2D eigenvalue weighted by atomic mass is 16.4. The van der Waals surface area contributed by atoms with Gasteiger partial charge in [0.1, 0.15) is 0 Å². The second-order valence-corrected chi connectivity index (χ2v) is 6.03. The Kier molecular flexibility index (Phi) is 4.18. The number of benzene rings is 1. The van der Waals surface area contributed by atoms with E-state index in [1.165, 1.54) is 5.56 Å². The predicted molar refractivity (Wildman–Crippen MR) is 83.1 cm³/mol. The molecule has 1 aromatic carbocycles. The Bertz CT molecular complexity index is 633. The molecular formula is C18H21NO2. The lowest BCUT2D eigenvalue weighted by Gasteiger charge is -2.22. The highest BCUT2D eigenvalue weighted by molar-refractivity contribution is 5.82. The second kappa shape index (κ2) is 6.25. The maximum absolute atomic E-state index is 11.6. The summed E-state index contributed by atoms with van der Waals surface area (Å²) in [6.07, 6.45) is 7.89. The van der Waals surface area contributed by atoms with Crippen molar-refractivity contribution in [2.45, 2.75) is 38.5 Å². The number of para-hydroxylation sites is 1. The van der Waals surface area contributed by atoms with Gasteiger partial charge in [0.2, 0.25) is 0 Å². The zero-order valence-corrected chi connectivity index (χ0v) is 12.2. The summed E-state index contributed by atoms with van der Waals surface area (Å²) in [4.78, 5) is 16.0. The largest absolute Gasteiger partial charge is 0.481 e. The molecule has 3 heteroatoms. The number of nitrogens with zero attached hydrogens (tertiary/aromatic N) is 1. The lowest BCUT2D eigenvalue weighted by atomic mass is 9.82. The predicted octanol–water partition coefficient (Wildman–Crippen LogP) is 4.06. The van der Waals surface area contributed by atoms with Crippen molar-refractivity contribution in [3.8, 4) is 0 Å². The van der Waals surface area contributed by atoms with E-state index in [0.29, 0.717) is 0 Å². The molecule has 1 heterocycles. The molecule has 0 spiro atoms. The highest BCUT2D eigenvalue weighted by Crippen LogP contribution is 2.33. The van der Waals surface area contributed by atoms with Crippen LogP contribution in [-0.2, 0) is 11.2 Å². The van der Waals surface area contributed by atoms with E-state index in [9.17, 15) is 9.90 Å². The van der Waals surface area contributed by atoms with E-state index in [1.807, 2.05) is 30.5 Å². The summed E-state index contributed by atoms with van der Waals surface area (Å²) in [5, 5.41) is 10.7. The standard InChI is InChI=1S/C18H21NO2/c20-18(21)16-8-3-1-2-6-13(16)12-14-10-11-19-17-9-5-4-7-15(14)17/h4-5,7,9-11,13,16H,1-3,6,8,12H2,(H,20,21). The maximum Gasteiger partial charge on any atom is 0.306 e. The first kappa shape index (κ1) is 14.1. The minimum atomic E-state index is -0.625. The van der Waals surface area contributed by atoms with E-state index in [0.717, 1.165) is 49.4 Å². The first-order chi connectivity index (χ1) is 10.3. The van der Waals surface area contributed by atoms with Crippen molar-refractivity contribution in [2.75, 3.05) is 0 Å². The van der Waals surface area contributed by atoms with Gasteiger partial charge in [0, 0.05) is 11.6 Å². The molecule has 1 saturated carbocycles. The number of fused-ring (bicyclic) bond motifs is 1. The average molecular weight is 283 g/mol. The number of carboxylic acid groups (broad SMARTS) is 1. The minimum Gasteiger partial charge on any atom is -0.481 e. The van der Waals surface area contributed by atoms with Crippen molar-refractivity contribution < 1.29 is 9.90 Å². The molecule has 3 rings (SSSR count). The number of aromatic nitrogens is 1. The van der Waals surface area contributed by atoms with Crippen LogP contribution in [0.4, 0.5) is 0 Å². The molecule has 3 nitrogen and oxygen atoms in total. The minimum absolute atomic E-state index is 0.195. The molecule has 0 amide bonds. The molecule has 1 aliphatic carbocycles. The first-order valence-electron chi connectivity index (χ1n) is 7.81. The van der Waals surface area contributed by atoms with Gasteiger partial charge in [-0.15, -0.1) is 0 Å². The number of rotatable bonds is 3. The molecule has 1 aliphatic rings. The van der Waals surface area contributed by atoms with Crippen LogP contribution in [0.5, 0.6) is 0 Å². The van der Waals surface area contributed by atoms with E-state index < -0.39 is 5.97 Å². The third-order valence-electron chi connectivity index (χ3n) is 4.70. The molecular weight excluding hydrogens is 262 g/mol. The Morgan fingerprint density at radius 1 is 1.14 bits per heavy atom. The SMILES string of the molecule is O=C(O)C1CCCCCC1Cc1ccnc2ccccc12. The molecule has 2 aromatic rings. The fraction of sp³-hybridized carbons (Fsp3) is 0.444. The molecule has 1 N–H and O–H groups in total. The van der Waals surface area contributed by atoms with Gasteiger partial charge < -0.3 is 5.11 Å². The van der Waals surface area contributed by atoms with Gasteiger partial charge in [0.15, 0.2) is 0 Å². The van der Waals surface area contributed by atoms with Crippen molar-refractivity contribution in [1.29, 1.82) is 0 Å². The summed E-state index contributed by atoms with van der Waals surface area (Å²) in [5.41, 5.74) is 2.23. The van der Waals surface area contributed by atoms with Gasteiger partial charge in [-0.3, -0.25) is 9.78 Å². The zero-order valence-electron chi connectivity index (χ0n) is 12.2. The summed E-state index contributed by atoms with van der Waals surface area (Å²) in [5.74, 6) is -0.574. The Hall–Kier alpha value is -1.90. The van der Waals surface area contributed by atoms with Gasteiger partial charge in [-0.2, -0.15) is 0 Å². The number of aliphatic carboxylic acids is 1. The normalized spacial score (nSPS) is 22.9. The molecule has 2 atom stereocenters. The van der Waals surface area contributed by atoms with Crippen molar-refractivity contribution in [2.24, 2.45) is 11.8 Å². The van der Waals surface area contributed by atoms with Gasteiger partial charge in [-0.25, -0.2) is 0 Å². The van der Waals surface area contributed by atoms with Gasteiger partial charge in [-0.05, 0) is 42.9 Å². The van der Waals surface area contributed by atoms with E-state index in [2.05, 4.69) is 11.1 Å². The Morgan fingerprint density at radius 3 is 2.81 bits per heavy atom. The van der Waals surface area contributed by atoms with Crippen LogP contribution >= 0.6 is 0 Å². The van der Waals surface area contributed by atoms with E-state index in [4.69, 9.17) is 0 Å². The second-order valence-electron chi connectivity index (χ2n) is 6.03. The van der Waals surface area contributed by atoms with Crippen LogP contribution in [0.1, 0.15) is 37.7 Å². The number of pyridine rings is 1. The van der Waals surface area contributed by atoms with Crippen LogP contribution < -0.4 is 0 Å². The number of carboxylic acids is 1. The molecule has 0 radical (unpaired) electrons. The van der Waals surface area contributed by atoms with Gasteiger partial charge in [-0.1, -0.05) is 37.5 Å². The smallest absolute Gasteiger partial charge is 0.306 e. The summed E-state index contributed by atoms with van der Waals surface area (Å²) < 4.78 is 0. The molecule has 21 heavy (non-hydrogen) atoms. The highest BCUT2D eigenvalue weighted by Gasteiger charge is 2.29. The molecule has 110 valence electrons. The van der Waals surface area contributed by atoms with Gasteiger partial charge >= 0.3 is 5.97 Å². The Morgan fingerprint density at radius 2 is 1.95 bits per heavy atom. The van der Waals surface area contributed by atoms with Crippen LogP contribution in [0.3, 0.4) is 0 Å². The number of hydrogen-bond donors (Lipinski definition) is 1. The zero-order chi connectivity index (χ0) is 14.7. The molecule has 1 fully saturated rings. The molecule has 0 bridgehead atoms. The van der Waals surface area contributed by atoms with E-state index in [1.54, 1.807) is 0 Å². The Balaban J connectivity index is 1.90. The van der Waals surface area contributed by atoms with Crippen molar-refractivity contribution in [3.63, 3.8) is 0 Å². The topological polar surface area (TPSA) is 50.2 Å². The number of hydrogen-bond acceptors (Lipinski definition) is 2. The third kappa shape index (κ3) is 3.07. The summed E-state index contributed by atoms with van der Waals surface area (Å²) in [6, 6.07) is 10.2. The van der Waals surface area contributed by atoms with Crippen molar-refractivity contribution in [3.05, 3.63) is 42.1 Å². The monoisotopic (exact) mass is 283 g/mol. The van der Waals surface area contributed by atoms with Gasteiger partial charge in [0.05, 0.1) is 11.4 Å². The lowest BCUT2D eigenvalue weighted by Crippen LogP contribution is -2.24. The van der Waals surface area contributed by atoms with Crippen molar-refractivity contribution in [1.82, 2.24) is 4.98 Å². The number of carbonyl (C=O) groups is 1. The lowest BCUT2D eigenvalue weighted by molar-refractivity contribution is -0.143. The quantitative estimate of drug-likeness (QED) is 0.864. The van der Waals surface area contributed by atoms with Crippen LogP contribution in [0.15, 0.2) is 36.5 Å². The summed E-state index contributed by atoms with van der Waals surface area (Å²) >= 11 is 0. The first-order valence-corrected chi connectivity index (χ1v) is 7.81. The average Bonchev–Trinajstić information content (AvgIpc) is 2.73. The summed E-state index contributed by atoms with van der Waals surface area (Å²) in [6.45, 7) is 0. The molecule has 1 aromatic heterocycles. The fourth-order valence-corrected chi connectivity index (χ4v) is 3.57. The van der Waals surface area contributed by atoms with Crippen LogP contribution in [-0.4, -0.2) is 16.1 Å². The molecule has 2 unspecified atom stereocenters. The van der Waals surface area contributed by atoms with Crippen LogP contribution in [0, 0.1) is 11.8 Å². The van der Waals surface area contributed by atoms with E-state index >= 15 is 0 Å². The maximum atomic E-state index is 11.6.